The molecule has 25 heavy (non-hydrogen) atoms. The van der Waals surface area contributed by atoms with Crippen molar-refractivity contribution in [2.24, 2.45) is 0 Å². The standard InChI is InChI=1S/C20H26N4O/c1-20(16-8-3-2-4-9-16)11-6-12-24(14-20)19(25)22-17-10-5-7-15-13-21-23-18(15)17/h2-4,8-9,13,17H,5-7,10-12,14H2,1H3,(H,21,23)(H,22,25). The number of piperidine rings is 1. The summed E-state index contributed by atoms with van der Waals surface area (Å²) in [6.45, 7) is 3.87. The molecule has 2 atom stereocenters. The normalized spacial score (nSPS) is 26.1. The highest BCUT2D eigenvalue weighted by molar-refractivity contribution is 5.75. The van der Waals surface area contributed by atoms with Crippen LogP contribution in [0.3, 0.4) is 0 Å². The number of rotatable bonds is 2. The Morgan fingerprint density at radius 1 is 1.32 bits per heavy atom. The van der Waals surface area contributed by atoms with E-state index in [1.807, 2.05) is 17.2 Å². The molecule has 5 nitrogen and oxygen atoms in total. The van der Waals surface area contributed by atoms with Crippen LogP contribution in [0.1, 0.15) is 55.5 Å². The van der Waals surface area contributed by atoms with Crippen LogP contribution in [0, 0.1) is 0 Å². The highest BCUT2D eigenvalue weighted by Crippen LogP contribution is 2.34. The molecule has 2 heterocycles. The number of hydrogen-bond acceptors (Lipinski definition) is 2. The van der Waals surface area contributed by atoms with Crippen molar-refractivity contribution in [2.45, 2.75) is 50.5 Å². The third-order valence-corrected chi connectivity index (χ3v) is 5.79. The second-order valence-electron chi connectivity index (χ2n) is 7.66. The van der Waals surface area contributed by atoms with E-state index in [0.29, 0.717) is 0 Å². The average molecular weight is 338 g/mol. The van der Waals surface area contributed by atoms with Gasteiger partial charge in [-0.25, -0.2) is 4.79 Å². The fourth-order valence-electron chi connectivity index (χ4n) is 4.34. The molecule has 1 aromatic heterocycles. The molecule has 4 rings (SSSR count). The molecule has 1 aliphatic carbocycles. The smallest absolute Gasteiger partial charge is 0.317 e. The molecule has 2 unspecified atom stereocenters. The third-order valence-electron chi connectivity index (χ3n) is 5.79. The molecule has 0 radical (unpaired) electrons. The lowest BCUT2D eigenvalue weighted by Crippen LogP contribution is -2.51. The minimum absolute atomic E-state index is 0.0303. The van der Waals surface area contributed by atoms with E-state index in [4.69, 9.17) is 0 Å². The summed E-state index contributed by atoms with van der Waals surface area (Å²) in [6.07, 6.45) is 7.17. The summed E-state index contributed by atoms with van der Waals surface area (Å²) in [4.78, 5) is 14.9. The van der Waals surface area contributed by atoms with Gasteiger partial charge in [-0.1, -0.05) is 37.3 Å². The van der Waals surface area contributed by atoms with Crippen LogP contribution < -0.4 is 5.32 Å². The SMILES string of the molecule is CC1(c2ccccc2)CCCN(C(=O)NC2CCCc3cn[nH]c32)C1. The van der Waals surface area contributed by atoms with Crippen LogP contribution in [-0.4, -0.2) is 34.2 Å². The van der Waals surface area contributed by atoms with Gasteiger partial charge in [-0.15, -0.1) is 0 Å². The quantitative estimate of drug-likeness (QED) is 0.880. The Balaban J connectivity index is 1.46. The molecule has 2 N–H and O–H groups in total. The molecule has 2 aromatic rings. The van der Waals surface area contributed by atoms with Crippen molar-refractivity contribution in [3.63, 3.8) is 0 Å². The lowest BCUT2D eigenvalue weighted by Gasteiger charge is -2.41. The average Bonchev–Trinajstić information content (AvgIpc) is 3.12. The second-order valence-corrected chi connectivity index (χ2v) is 7.66. The number of benzene rings is 1. The zero-order valence-corrected chi connectivity index (χ0v) is 14.8. The predicted molar refractivity (Wildman–Crippen MR) is 97.4 cm³/mol. The van der Waals surface area contributed by atoms with E-state index in [2.05, 4.69) is 46.7 Å². The van der Waals surface area contributed by atoms with Gasteiger partial charge in [0.05, 0.1) is 17.9 Å². The Morgan fingerprint density at radius 3 is 3.00 bits per heavy atom. The fourth-order valence-corrected chi connectivity index (χ4v) is 4.34. The molecular weight excluding hydrogens is 312 g/mol. The summed E-state index contributed by atoms with van der Waals surface area (Å²) in [5, 5.41) is 10.5. The molecule has 2 aliphatic rings. The van der Waals surface area contributed by atoms with E-state index in [-0.39, 0.29) is 17.5 Å². The number of nitrogens with one attached hydrogen (secondary N) is 2. The lowest BCUT2D eigenvalue weighted by atomic mass is 9.76. The number of fused-ring (bicyclic) bond motifs is 1. The maximum absolute atomic E-state index is 12.9. The molecule has 1 saturated heterocycles. The van der Waals surface area contributed by atoms with Gasteiger partial charge in [-0.05, 0) is 43.2 Å². The number of aryl methyl sites for hydroxylation is 1. The van der Waals surface area contributed by atoms with E-state index < -0.39 is 0 Å². The molecule has 1 fully saturated rings. The van der Waals surface area contributed by atoms with Crippen molar-refractivity contribution < 1.29 is 4.79 Å². The number of hydrogen-bond donors (Lipinski definition) is 2. The molecule has 0 spiro atoms. The predicted octanol–water partition coefficient (Wildman–Crippen LogP) is 3.55. The summed E-state index contributed by atoms with van der Waals surface area (Å²) in [5.41, 5.74) is 3.68. The number of urea groups is 1. The van der Waals surface area contributed by atoms with Gasteiger partial charge in [0.1, 0.15) is 0 Å². The van der Waals surface area contributed by atoms with Crippen molar-refractivity contribution in [1.82, 2.24) is 20.4 Å². The highest BCUT2D eigenvalue weighted by atomic mass is 16.2. The third kappa shape index (κ3) is 3.15. The summed E-state index contributed by atoms with van der Waals surface area (Å²) in [7, 11) is 0. The first-order chi connectivity index (χ1) is 12.2. The number of carbonyl (C=O) groups excluding carboxylic acids is 1. The largest absolute Gasteiger partial charge is 0.330 e. The van der Waals surface area contributed by atoms with Gasteiger partial charge in [0, 0.05) is 18.5 Å². The monoisotopic (exact) mass is 338 g/mol. The van der Waals surface area contributed by atoms with E-state index in [9.17, 15) is 4.79 Å². The van der Waals surface area contributed by atoms with E-state index in [0.717, 1.165) is 50.9 Å². The first kappa shape index (κ1) is 16.2. The summed E-state index contributed by atoms with van der Waals surface area (Å²) in [5.74, 6) is 0. The van der Waals surface area contributed by atoms with Crippen molar-refractivity contribution in [2.75, 3.05) is 13.1 Å². The number of aromatic amines is 1. The van der Waals surface area contributed by atoms with Crippen molar-refractivity contribution >= 4 is 6.03 Å². The number of amides is 2. The fraction of sp³-hybridized carbons (Fsp3) is 0.500. The van der Waals surface area contributed by atoms with Crippen LogP contribution in [-0.2, 0) is 11.8 Å². The molecule has 1 aliphatic heterocycles. The zero-order valence-electron chi connectivity index (χ0n) is 14.8. The van der Waals surface area contributed by atoms with Gasteiger partial charge in [0.15, 0.2) is 0 Å². The van der Waals surface area contributed by atoms with Crippen LogP contribution in [0.5, 0.6) is 0 Å². The van der Waals surface area contributed by atoms with E-state index in [1.54, 1.807) is 0 Å². The van der Waals surface area contributed by atoms with Crippen LogP contribution >= 0.6 is 0 Å². The van der Waals surface area contributed by atoms with Crippen LogP contribution in [0.15, 0.2) is 36.5 Å². The Bertz CT molecular complexity index is 741. The zero-order chi connectivity index (χ0) is 17.3. The van der Waals surface area contributed by atoms with Gasteiger partial charge in [-0.3, -0.25) is 5.10 Å². The van der Waals surface area contributed by atoms with Crippen LogP contribution in [0.2, 0.25) is 0 Å². The lowest BCUT2D eigenvalue weighted by molar-refractivity contribution is 0.151. The molecule has 0 bridgehead atoms. The molecule has 5 heteroatoms. The molecule has 2 amide bonds. The number of carbonyl (C=O) groups is 1. The maximum Gasteiger partial charge on any atom is 0.317 e. The molecular formula is C20H26N4O. The van der Waals surface area contributed by atoms with E-state index in [1.165, 1.54) is 11.1 Å². The van der Waals surface area contributed by atoms with Crippen LogP contribution in [0.4, 0.5) is 4.79 Å². The summed E-state index contributed by atoms with van der Waals surface area (Å²) in [6, 6.07) is 10.7. The Hall–Kier alpha value is -2.30. The number of nitrogens with zero attached hydrogens (tertiary/aromatic N) is 2. The van der Waals surface area contributed by atoms with Crippen molar-refractivity contribution in [1.29, 1.82) is 0 Å². The number of aromatic nitrogens is 2. The van der Waals surface area contributed by atoms with Crippen molar-refractivity contribution in [3.8, 4) is 0 Å². The van der Waals surface area contributed by atoms with Gasteiger partial charge in [0.25, 0.3) is 0 Å². The topological polar surface area (TPSA) is 61.0 Å². The highest BCUT2D eigenvalue weighted by Gasteiger charge is 2.35. The Morgan fingerprint density at radius 2 is 2.16 bits per heavy atom. The van der Waals surface area contributed by atoms with E-state index >= 15 is 0 Å². The minimum atomic E-state index is 0.0303. The first-order valence-corrected chi connectivity index (χ1v) is 9.29. The maximum atomic E-state index is 12.9. The van der Waals surface area contributed by atoms with Gasteiger partial charge >= 0.3 is 6.03 Å². The van der Waals surface area contributed by atoms with Gasteiger partial charge in [-0.2, -0.15) is 5.10 Å². The molecule has 1 aromatic carbocycles. The molecule has 132 valence electrons. The number of likely N-dealkylation sites (tertiary alicyclic amines) is 1. The van der Waals surface area contributed by atoms with Gasteiger partial charge in [0.2, 0.25) is 0 Å². The number of H-pyrrole nitrogens is 1. The molecule has 0 saturated carbocycles. The van der Waals surface area contributed by atoms with Crippen LogP contribution in [0.25, 0.3) is 0 Å². The minimum Gasteiger partial charge on any atom is -0.330 e. The Kier molecular flexibility index (Phi) is 4.24. The summed E-state index contributed by atoms with van der Waals surface area (Å²) < 4.78 is 0. The second kappa shape index (κ2) is 6.54. The van der Waals surface area contributed by atoms with Crippen molar-refractivity contribution in [3.05, 3.63) is 53.3 Å². The summed E-state index contributed by atoms with van der Waals surface area (Å²) >= 11 is 0. The first-order valence-electron chi connectivity index (χ1n) is 9.29. The van der Waals surface area contributed by atoms with Gasteiger partial charge < -0.3 is 10.2 Å². The Labute approximate surface area is 148 Å².